The van der Waals surface area contributed by atoms with Crippen molar-refractivity contribution < 1.29 is 19.4 Å². The molecule has 162 valence electrons. The summed E-state index contributed by atoms with van der Waals surface area (Å²) < 4.78 is 5.22. The molecule has 4 N–H and O–H groups in total. The van der Waals surface area contributed by atoms with Crippen LogP contribution in [0, 0.1) is 6.92 Å². The van der Waals surface area contributed by atoms with Crippen LogP contribution in [0.4, 0.5) is 0 Å². The monoisotopic (exact) mass is 422 g/mol. The number of aryl methyl sites for hydroxylation is 1. The molecule has 3 aromatic rings. The molecule has 7 heteroatoms. The van der Waals surface area contributed by atoms with E-state index in [9.17, 15) is 19.8 Å². The van der Waals surface area contributed by atoms with Crippen LogP contribution in [0.15, 0.2) is 45.6 Å². The Morgan fingerprint density at radius 3 is 2.65 bits per heavy atom. The van der Waals surface area contributed by atoms with Crippen molar-refractivity contribution in [3.8, 4) is 11.5 Å². The standard InChI is InChI=1S/C24H26N2O5/c1-14-18-5-6-20(27)22(29)23(18)31-24(30)19(14)12-21(28)26-9-7-16(8-10-26)17-4-2-3-15(11-17)13-25/h2-6,11,16,27,29H,7-10,12-13,25H2,1H3. The Hall–Kier alpha value is -3.32. The van der Waals surface area contributed by atoms with Crippen LogP contribution >= 0.6 is 0 Å². The average Bonchev–Trinajstić information content (AvgIpc) is 2.79. The maximum absolute atomic E-state index is 12.9. The van der Waals surface area contributed by atoms with Crippen molar-refractivity contribution in [3.05, 3.63) is 69.1 Å². The Kier molecular flexibility index (Phi) is 5.69. The normalized spacial score (nSPS) is 14.8. The Morgan fingerprint density at radius 1 is 1.19 bits per heavy atom. The molecule has 2 heterocycles. The molecule has 0 saturated carbocycles. The Balaban J connectivity index is 1.49. The van der Waals surface area contributed by atoms with E-state index < -0.39 is 11.4 Å². The van der Waals surface area contributed by atoms with Gasteiger partial charge >= 0.3 is 5.63 Å². The molecule has 0 bridgehead atoms. The first kappa shape index (κ1) is 20.9. The van der Waals surface area contributed by atoms with Crippen molar-refractivity contribution in [1.29, 1.82) is 0 Å². The Bertz CT molecular complexity index is 1190. The number of carbonyl (C=O) groups is 1. The number of nitrogens with zero attached hydrogens (tertiary/aromatic N) is 1. The van der Waals surface area contributed by atoms with E-state index in [1.807, 2.05) is 12.1 Å². The molecule has 7 nitrogen and oxygen atoms in total. The second-order valence-corrected chi connectivity index (χ2v) is 8.08. The Labute approximate surface area is 179 Å². The van der Waals surface area contributed by atoms with Crippen LogP contribution in [0.25, 0.3) is 11.0 Å². The zero-order valence-electron chi connectivity index (χ0n) is 17.4. The first-order valence-electron chi connectivity index (χ1n) is 10.4. The van der Waals surface area contributed by atoms with Gasteiger partial charge in [0.05, 0.1) is 12.0 Å². The summed E-state index contributed by atoms with van der Waals surface area (Å²) in [5.41, 5.74) is 8.21. The third kappa shape index (κ3) is 4.01. The fraction of sp³-hybridized carbons (Fsp3) is 0.333. The number of amides is 1. The highest BCUT2D eigenvalue weighted by Gasteiger charge is 2.26. The fourth-order valence-electron chi connectivity index (χ4n) is 4.33. The first-order valence-corrected chi connectivity index (χ1v) is 10.4. The number of benzene rings is 2. The number of aromatic hydroxyl groups is 2. The lowest BCUT2D eigenvalue weighted by atomic mass is 9.88. The number of fused-ring (bicyclic) bond motifs is 1. The molecule has 1 aliphatic rings. The van der Waals surface area contributed by atoms with Gasteiger partial charge in [-0.15, -0.1) is 0 Å². The molecule has 4 rings (SSSR count). The molecule has 0 aliphatic carbocycles. The number of phenols is 2. The third-order valence-corrected chi connectivity index (χ3v) is 6.24. The minimum absolute atomic E-state index is 0.0565. The minimum atomic E-state index is -0.673. The molecule has 1 aliphatic heterocycles. The van der Waals surface area contributed by atoms with E-state index in [0.717, 1.165) is 18.4 Å². The molecule has 0 unspecified atom stereocenters. The lowest BCUT2D eigenvalue weighted by molar-refractivity contribution is -0.131. The predicted molar refractivity (Wildman–Crippen MR) is 117 cm³/mol. The number of piperidine rings is 1. The van der Waals surface area contributed by atoms with Crippen LogP contribution < -0.4 is 11.4 Å². The minimum Gasteiger partial charge on any atom is -0.504 e. The lowest BCUT2D eigenvalue weighted by Gasteiger charge is -2.32. The van der Waals surface area contributed by atoms with E-state index in [1.54, 1.807) is 17.9 Å². The van der Waals surface area contributed by atoms with Crippen LogP contribution in [0.1, 0.15) is 41.0 Å². The van der Waals surface area contributed by atoms with Gasteiger partial charge < -0.3 is 25.3 Å². The Morgan fingerprint density at radius 2 is 1.94 bits per heavy atom. The molecule has 1 fully saturated rings. The average molecular weight is 422 g/mol. The van der Waals surface area contributed by atoms with Crippen molar-refractivity contribution in [1.82, 2.24) is 4.90 Å². The van der Waals surface area contributed by atoms with E-state index >= 15 is 0 Å². The van der Waals surface area contributed by atoms with Crippen LogP contribution in [0.5, 0.6) is 11.5 Å². The molecule has 0 spiro atoms. The van der Waals surface area contributed by atoms with E-state index in [1.165, 1.54) is 11.6 Å². The molecular weight excluding hydrogens is 396 g/mol. The molecule has 0 atom stereocenters. The number of rotatable bonds is 4. The van der Waals surface area contributed by atoms with Gasteiger partial charge in [0, 0.05) is 25.0 Å². The van der Waals surface area contributed by atoms with Crippen LogP contribution in [0.2, 0.25) is 0 Å². The van der Waals surface area contributed by atoms with Gasteiger partial charge in [-0.25, -0.2) is 4.79 Å². The van der Waals surface area contributed by atoms with Crippen molar-refractivity contribution in [2.75, 3.05) is 13.1 Å². The maximum atomic E-state index is 12.9. The van der Waals surface area contributed by atoms with Crippen LogP contribution in [-0.2, 0) is 17.8 Å². The highest BCUT2D eigenvalue weighted by Crippen LogP contribution is 2.35. The number of phenolic OH excluding ortho intramolecular Hbond substituents is 2. The summed E-state index contributed by atoms with van der Waals surface area (Å²) in [7, 11) is 0. The van der Waals surface area contributed by atoms with E-state index in [2.05, 4.69) is 12.1 Å². The maximum Gasteiger partial charge on any atom is 0.340 e. The molecule has 31 heavy (non-hydrogen) atoms. The summed E-state index contributed by atoms with van der Waals surface area (Å²) in [6, 6.07) is 11.2. The van der Waals surface area contributed by atoms with Gasteiger partial charge in [0.25, 0.3) is 0 Å². The molecule has 2 aromatic carbocycles. The first-order chi connectivity index (χ1) is 14.9. The van der Waals surface area contributed by atoms with Gasteiger partial charge in [0.15, 0.2) is 11.3 Å². The number of hydrogen-bond acceptors (Lipinski definition) is 6. The summed E-state index contributed by atoms with van der Waals surface area (Å²) in [4.78, 5) is 27.2. The van der Waals surface area contributed by atoms with Crippen LogP contribution in [0.3, 0.4) is 0 Å². The zero-order valence-corrected chi connectivity index (χ0v) is 17.4. The third-order valence-electron chi connectivity index (χ3n) is 6.24. The second-order valence-electron chi connectivity index (χ2n) is 8.08. The second kappa shape index (κ2) is 8.43. The number of likely N-dealkylation sites (tertiary alicyclic amines) is 1. The highest BCUT2D eigenvalue weighted by molar-refractivity contribution is 5.89. The molecule has 0 radical (unpaired) electrons. The summed E-state index contributed by atoms with van der Waals surface area (Å²) in [6.45, 7) is 3.48. The van der Waals surface area contributed by atoms with E-state index in [0.29, 0.717) is 36.5 Å². The predicted octanol–water partition coefficient (Wildman–Crippen LogP) is 2.92. The SMILES string of the molecule is Cc1c(CC(=O)N2CCC(c3cccc(CN)c3)CC2)c(=O)oc2c(O)c(O)ccc12. The summed E-state index contributed by atoms with van der Waals surface area (Å²) in [5.74, 6) is -0.569. The van der Waals surface area contributed by atoms with Gasteiger partial charge in [-0.2, -0.15) is 0 Å². The quantitative estimate of drug-likeness (QED) is 0.440. The summed E-state index contributed by atoms with van der Waals surface area (Å²) >= 11 is 0. The topological polar surface area (TPSA) is 117 Å². The molecule has 1 saturated heterocycles. The number of hydrogen-bond donors (Lipinski definition) is 3. The zero-order chi connectivity index (χ0) is 22.1. The van der Waals surface area contributed by atoms with Gasteiger partial charge in [-0.05, 0) is 54.5 Å². The fourth-order valence-corrected chi connectivity index (χ4v) is 4.33. The van der Waals surface area contributed by atoms with E-state index in [4.69, 9.17) is 10.2 Å². The van der Waals surface area contributed by atoms with Gasteiger partial charge in [0.1, 0.15) is 0 Å². The van der Waals surface area contributed by atoms with Gasteiger partial charge in [-0.1, -0.05) is 24.3 Å². The van der Waals surface area contributed by atoms with Gasteiger partial charge in [-0.3, -0.25) is 4.79 Å². The number of carbonyl (C=O) groups excluding carboxylic acids is 1. The van der Waals surface area contributed by atoms with Crippen molar-refractivity contribution in [3.63, 3.8) is 0 Å². The summed E-state index contributed by atoms with van der Waals surface area (Å²) in [6.07, 6.45) is 1.66. The molecule has 1 aromatic heterocycles. The smallest absolute Gasteiger partial charge is 0.340 e. The molecular formula is C24H26N2O5. The summed E-state index contributed by atoms with van der Waals surface area (Å²) in [5, 5.41) is 20.1. The van der Waals surface area contributed by atoms with Crippen molar-refractivity contribution in [2.45, 2.75) is 38.6 Å². The van der Waals surface area contributed by atoms with Gasteiger partial charge in [0.2, 0.25) is 11.7 Å². The highest BCUT2D eigenvalue weighted by atomic mass is 16.4. The largest absolute Gasteiger partial charge is 0.504 e. The van der Waals surface area contributed by atoms with Crippen LogP contribution in [-0.4, -0.2) is 34.1 Å². The number of nitrogens with two attached hydrogens (primary N) is 1. The van der Waals surface area contributed by atoms with Crippen molar-refractivity contribution >= 4 is 16.9 Å². The molecule has 1 amide bonds. The lowest BCUT2D eigenvalue weighted by Crippen LogP contribution is -2.39. The van der Waals surface area contributed by atoms with E-state index in [-0.39, 0.29) is 29.2 Å². The van der Waals surface area contributed by atoms with Crippen molar-refractivity contribution in [2.24, 2.45) is 5.73 Å².